The Hall–Kier alpha value is -3.10. The molecule has 0 saturated carbocycles. The number of rotatable bonds is 21. The van der Waals surface area contributed by atoms with E-state index in [1.54, 1.807) is 44.9 Å². The molecule has 1 aliphatic rings. The molecule has 296 valence electrons. The molecule has 0 spiro atoms. The summed E-state index contributed by atoms with van der Waals surface area (Å²) in [5.41, 5.74) is 6.63. The molecule has 10 atom stereocenters. The number of nitrogens with two attached hydrogens (primary N) is 1. The number of amides is 4. The van der Waals surface area contributed by atoms with Crippen LogP contribution in [0.4, 0.5) is 0 Å². The largest absolute Gasteiger partial charge is 0.386 e. The van der Waals surface area contributed by atoms with E-state index in [9.17, 15) is 24.3 Å². The van der Waals surface area contributed by atoms with Gasteiger partial charge in [-0.15, -0.1) is 0 Å². The predicted molar refractivity (Wildman–Crippen MR) is 203 cm³/mol. The fraction of sp³-hybridized carbons (Fsp3) is 0.744. The van der Waals surface area contributed by atoms with E-state index in [0.717, 1.165) is 12.8 Å². The molecule has 0 bridgehead atoms. The number of nitrogens with zero attached hydrogens (tertiary/aromatic N) is 3. The van der Waals surface area contributed by atoms with E-state index in [1.165, 1.54) is 0 Å². The van der Waals surface area contributed by atoms with Crippen molar-refractivity contribution in [1.82, 2.24) is 25.3 Å². The van der Waals surface area contributed by atoms with Crippen molar-refractivity contribution in [3.05, 3.63) is 35.9 Å². The number of carbonyl (C=O) groups excluding carboxylic acids is 4. The minimum absolute atomic E-state index is 0.0148. The van der Waals surface area contributed by atoms with Crippen LogP contribution in [0.15, 0.2) is 30.3 Å². The average Bonchev–Trinajstić information content (AvgIpc) is 3.60. The van der Waals surface area contributed by atoms with Crippen LogP contribution in [0.25, 0.3) is 0 Å². The Bertz CT molecular complexity index is 1260. The molecule has 1 unspecified atom stereocenters. The molecule has 1 heterocycles. The zero-order valence-electron chi connectivity index (χ0n) is 33.5. The summed E-state index contributed by atoms with van der Waals surface area (Å²) in [4.78, 5) is 60.3. The van der Waals surface area contributed by atoms with Crippen LogP contribution in [0.1, 0.15) is 85.3 Å². The standard InChI is InChI=1S/C39H68N6O7/c1-12-25(4)34(44(9)39(50)29(20-21-40)42-38(49)33(24(2)3)43(7)8)31(51-10)23-32(46)45-22-16-19-30(45)36(52-11)26(5)37(48)41-27(6)35(47)28-17-14-13-15-18-28/h13-15,17-18,24-27,29-31,33-36,47H,12,16,19-23,40H2,1-11H3,(H,41,48)(H,42,49)/t25-,26+,27+,29-,30-,31+,33?,34-,35+,36+/m0/s1. The van der Waals surface area contributed by atoms with Gasteiger partial charge in [0.2, 0.25) is 23.6 Å². The summed E-state index contributed by atoms with van der Waals surface area (Å²) in [5, 5.41) is 16.7. The zero-order chi connectivity index (χ0) is 39.3. The average molecular weight is 733 g/mol. The Morgan fingerprint density at radius 3 is 2.13 bits per heavy atom. The van der Waals surface area contributed by atoms with Crippen molar-refractivity contribution >= 4 is 23.6 Å². The zero-order valence-corrected chi connectivity index (χ0v) is 33.5. The molecule has 13 heteroatoms. The summed E-state index contributed by atoms with van der Waals surface area (Å²) in [7, 11) is 8.47. The molecule has 0 aliphatic carbocycles. The number of nitrogens with one attached hydrogen (secondary N) is 2. The highest BCUT2D eigenvalue weighted by atomic mass is 16.5. The number of likely N-dealkylation sites (N-methyl/N-ethyl adjacent to an activating group) is 2. The third kappa shape index (κ3) is 11.7. The Kier molecular flexibility index (Phi) is 18.7. The van der Waals surface area contributed by atoms with Crippen molar-refractivity contribution in [3.63, 3.8) is 0 Å². The number of benzene rings is 1. The summed E-state index contributed by atoms with van der Waals surface area (Å²) < 4.78 is 11.9. The van der Waals surface area contributed by atoms with E-state index in [4.69, 9.17) is 15.2 Å². The number of hydrogen-bond acceptors (Lipinski definition) is 9. The number of aliphatic hydroxyl groups is 1. The molecule has 0 aromatic heterocycles. The van der Waals surface area contributed by atoms with Crippen LogP contribution in [0.5, 0.6) is 0 Å². The van der Waals surface area contributed by atoms with Crippen molar-refractivity contribution < 1.29 is 33.8 Å². The molecule has 1 fully saturated rings. The molecule has 5 N–H and O–H groups in total. The van der Waals surface area contributed by atoms with Gasteiger partial charge >= 0.3 is 0 Å². The topological polar surface area (TPSA) is 167 Å². The number of carbonyl (C=O) groups is 4. The lowest BCUT2D eigenvalue weighted by molar-refractivity contribution is -0.147. The minimum Gasteiger partial charge on any atom is -0.386 e. The normalized spacial score (nSPS) is 20.0. The molecule has 2 rings (SSSR count). The Balaban J connectivity index is 2.24. The lowest BCUT2D eigenvalue weighted by Crippen LogP contribution is -2.58. The molecule has 1 saturated heterocycles. The van der Waals surface area contributed by atoms with E-state index >= 15 is 0 Å². The van der Waals surface area contributed by atoms with Crippen LogP contribution < -0.4 is 16.4 Å². The second kappa shape index (κ2) is 21.6. The third-order valence-electron chi connectivity index (χ3n) is 10.8. The third-order valence-corrected chi connectivity index (χ3v) is 10.8. The maximum Gasteiger partial charge on any atom is 0.245 e. The number of aliphatic hydroxyl groups excluding tert-OH is 1. The highest BCUT2D eigenvalue weighted by Crippen LogP contribution is 2.30. The van der Waals surface area contributed by atoms with Gasteiger partial charge in [-0.3, -0.25) is 24.1 Å². The maximum absolute atomic E-state index is 14.1. The number of ether oxygens (including phenoxy) is 2. The van der Waals surface area contributed by atoms with Crippen LogP contribution >= 0.6 is 0 Å². The van der Waals surface area contributed by atoms with E-state index in [-0.39, 0.29) is 60.9 Å². The SMILES string of the molecule is CC[C@H](C)[C@@H]([C@@H](CC(=O)N1CCC[C@H]1[C@H](OC)[C@@H](C)C(=O)N[C@H](C)[C@@H](O)c1ccccc1)OC)N(C)C(=O)[C@H](CCN)NC(=O)C(C(C)C)N(C)C. The monoisotopic (exact) mass is 733 g/mol. The fourth-order valence-corrected chi connectivity index (χ4v) is 7.74. The van der Waals surface area contributed by atoms with Gasteiger partial charge in [0.1, 0.15) is 6.04 Å². The van der Waals surface area contributed by atoms with Gasteiger partial charge < -0.3 is 40.7 Å². The van der Waals surface area contributed by atoms with Crippen LogP contribution in [-0.2, 0) is 28.7 Å². The lowest BCUT2D eigenvalue weighted by atomic mass is 9.89. The van der Waals surface area contributed by atoms with Gasteiger partial charge in [-0.05, 0) is 64.2 Å². The first-order valence-corrected chi connectivity index (χ1v) is 18.9. The first kappa shape index (κ1) is 45.1. The second-order valence-electron chi connectivity index (χ2n) is 15.0. The van der Waals surface area contributed by atoms with E-state index in [1.807, 2.05) is 77.0 Å². The van der Waals surface area contributed by atoms with Crippen LogP contribution in [0.2, 0.25) is 0 Å². The van der Waals surface area contributed by atoms with Crippen molar-refractivity contribution in [1.29, 1.82) is 0 Å². The van der Waals surface area contributed by atoms with Gasteiger partial charge in [0, 0.05) is 27.8 Å². The van der Waals surface area contributed by atoms with Crippen molar-refractivity contribution in [2.45, 2.75) is 122 Å². The molecule has 13 nitrogen and oxygen atoms in total. The predicted octanol–water partition coefficient (Wildman–Crippen LogP) is 2.56. The van der Waals surface area contributed by atoms with Gasteiger partial charge in [-0.25, -0.2) is 0 Å². The summed E-state index contributed by atoms with van der Waals surface area (Å²) in [6.07, 6.45) is 0.321. The minimum atomic E-state index is -0.880. The first-order valence-electron chi connectivity index (χ1n) is 18.9. The number of likely N-dealkylation sites (tertiary alicyclic amines) is 1. The molecule has 4 amide bonds. The quantitative estimate of drug-likeness (QED) is 0.149. The van der Waals surface area contributed by atoms with Gasteiger partial charge in [-0.2, -0.15) is 0 Å². The summed E-state index contributed by atoms with van der Waals surface area (Å²) >= 11 is 0. The molecule has 0 radical (unpaired) electrons. The Morgan fingerprint density at radius 2 is 1.62 bits per heavy atom. The second-order valence-corrected chi connectivity index (χ2v) is 15.0. The van der Waals surface area contributed by atoms with E-state index < -0.39 is 48.4 Å². The van der Waals surface area contributed by atoms with Crippen molar-refractivity contribution in [2.75, 3.05) is 48.5 Å². The fourth-order valence-electron chi connectivity index (χ4n) is 7.74. The van der Waals surface area contributed by atoms with Gasteiger partial charge in [0.05, 0.1) is 54.8 Å². The summed E-state index contributed by atoms with van der Waals surface area (Å²) in [6.45, 7) is 12.2. The van der Waals surface area contributed by atoms with Crippen LogP contribution in [0.3, 0.4) is 0 Å². The van der Waals surface area contributed by atoms with Gasteiger partial charge in [-0.1, -0.05) is 71.4 Å². The molecular formula is C39H68N6O7. The highest BCUT2D eigenvalue weighted by molar-refractivity contribution is 5.90. The Labute approximate surface area is 312 Å². The smallest absolute Gasteiger partial charge is 0.245 e. The van der Waals surface area contributed by atoms with Crippen LogP contribution in [-0.4, -0.2) is 134 Å². The van der Waals surface area contributed by atoms with Crippen molar-refractivity contribution in [2.24, 2.45) is 23.5 Å². The van der Waals surface area contributed by atoms with Crippen LogP contribution in [0, 0.1) is 17.8 Å². The Morgan fingerprint density at radius 1 is 0.981 bits per heavy atom. The lowest BCUT2D eigenvalue weighted by Gasteiger charge is -2.40. The van der Waals surface area contributed by atoms with Gasteiger partial charge in [0.25, 0.3) is 0 Å². The molecule has 1 aromatic carbocycles. The van der Waals surface area contributed by atoms with E-state index in [2.05, 4.69) is 10.6 Å². The summed E-state index contributed by atoms with van der Waals surface area (Å²) in [5.74, 6) is -1.57. The summed E-state index contributed by atoms with van der Waals surface area (Å²) in [6, 6.07) is 6.55. The molecule has 1 aliphatic heterocycles. The van der Waals surface area contributed by atoms with Crippen molar-refractivity contribution in [3.8, 4) is 0 Å². The first-order chi connectivity index (χ1) is 24.5. The number of methoxy groups -OCH3 is 2. The molecule has 52 heavy (non-hydrogen) atoms. The highest BCUT2D eigenvalue weighted by Gasteiger charge is 2.43. The number of hydrogen-bond donors (Lipinski definition) is 4. The van der Waals surface area contributed by atoms with E-state index in [0.29, 0.717) is 18.5 Å². The maximum atomic E-state index is 14.1. The molecule has 1 aromatic rings. The molecular weight excluding hydrogens is 664 g/mol. The van der Waals surface area contributed by atoms with Gasteiger partial charge in [0.15, 0.2) is 0 Å².